The van der Waals surface area contributed by atoms with Crippen molar-refractivity contribution in [3.63, 3.8) is 0 Å². The highest BCUT2D eigenvalue weighted by Gasteiger charge is 2.31. The number of hydrazine groups is 1. The van der Waals surface area contributed by atoms with Crippen molar-refractivity contribution in [2.24, 2.45) is 5.84 Å². The summed E-state index contributed by atoms with van der Waals surface area (Å²) < 4.78 is 36.0. The average Bonchev–Trinajstić information content (AvgIpc) is 2.53. The molecule has 0 bridgehead atoms. The first-order chi connectivity index (χ1) is 6.51. The molecule has 1 aromatic rings. The van der Waals surface area contributed by atoms with Crippen LogP contribution in [0.2, 0.25) is 0 Å². The summed E-state index contributed by atoms with van der Waals surface area (Å²) in [6, 6.07) is -0.804. The fourth-order valence-electron chi connectivity index (χ4n) is 1.03. The van der Waals surface area contributed by atoms with Gasteiger partial charge in [0.05, 0.1) is 11.4 Å². The van der Waals surface area contributed by atoms with Crippen molar-refractivity contribution >= 4 is 11.3 Å². The molecule has 0 amide bonds. The molecule has 1 rings (SSSR count). The summed E-state index contributed by atoms with van der Waals surface area (Å²) >= 11 is 1.32. The Morgan fingerprint density at radius 1 is 1.57 bits per heavy atom. The van der Waals surface area contributed by atoms with E-state index in [1.54, 1.807) is 11.6 Å². The SMILES string of the molecule is NNC(Cc1nccs1)CC(F)(F)F. The number of hydrogen-bond donors (Lipinski definition) is 2. The van der Waals surface area contributed by atoms with Gasteiger partial charge in [-0.1, -0.05) is 0 Å². The van der Waals surface area contributed by atoms with E-state index in [0.717, 1.165) is 0 Å². The van der Waals surface area contributed by atoms with Crippen LogP contribution in [-0.4, -0.2) is 17.2 Å². The lowest BCUT2D eigenvalue weighted by Crippen LogP contribution is -2.40. The van der Waals surface area contributed by atoms with Gasteiger partial charge >= 0.3 is 6.18 Å². The van der Waals surface area contributed by atoms with Crippen LogP contribution in [0.4, 0.5) is 13.2 Å². The van der Waals surface area contributed by atoms with E-state index in [9.17, 15) is 13.2 Å². The smallest absolute Gasteiger partial charge is 0.271 e. The standard InChI is InChI=1S/C7H10F3N3S/c8-7(9,10)4-5(13-11)3-6-12-1-2-14-6/h1-2,5,13H,3-4,11H2. The molecular weight excluding hydrogens is 215 g/mol. The molecular formula is C7H10F3N3S. The number of thiazole rings is 1. The monoisotopic (exact) mass is 225 g/mol. The quantitative estimate of drug-likeness (QED) is 0.602. The molecule has 1 unspecified atom stereocenters. The third kappa shape index (κ3) is 4.03. The lowest BCUT2D eigenvalue weighted by atomic mass is 10.1. The van der Waals surface area contributed by atoms with Gasteiger partial charge in [-0.05, 0) is 0 Å². The zero-order valence-electron chi connectivity index (χ0n) is 7.21. The average molecular weight is 225 g/mol. The molecule has 0 aliphatic rings. The molecule has 1 aromatic heterocycles. The summed E-state index contributed by atoms with van der Waals surface area (Å²) in [5.74, 6) is 5.02. The molecule has 0 aliphatic carbocycles. The van der Waals surface area contributed by atoms with Gasteiger partial charge in [0.15, 0.2) is 0 Å². The summed E-state index contributed by atoms with van der Waals surface area (Å²) in [5, 5.41) is 2.37. The van der Waals surface area contributed by atoms with Crippen molar-refractivity contribution in [1.29, 1.82) is 0 Å². The Labute approximate surface area is 83.1 Å². The Hall–Kier alpha value is -0.660. The molecule has 0 aliphatic heterocycles. The minimum atomic E-state index is -4.20. The second-order valence-corrected chi connectivity index (χ2v) is 3.79. The Balaban J connectivity index is 2.47. The topological polar surface area (TPSA) is 50.9 Å². The summed E-state index contributed by atoms with van der Waals surface area (Å²) in [6.45, 7) is 0. The van der Waals surface area contributed by atoms with E-state index in [2.05, 4.69) is 10.4 Å². The molecule has 7 heteroatoms. The Morgan fingerprint density at radius 3 is 2.71 bits per heavy atom. The van der Waals surface area contributed by atoms with Crippen LogP contribution in [0.3, 0.4) is 0 Å². The molecule has 0 spiro atoms. The molecule has 1 heterocycles. The van der Waals surface area contributed by atoms with Gasteiger partial charge in [-0.3, -0.25) is 11.3 Å². The summed E-state index contributed by atoms with van der Waals surface area (Å²) in [6.07, 6.45) is -3.38. The van der Waals surface area contributed by atoms with E-state index < -0.39 is 18.6 Å². The number of rotatable bonds is 4. The molecule has 3 N–H and O–H groups in total. The first kappa shape index (κ1) is 11.4. The number of hydrogen-bond acceptors (Lipinski definition) is 4. The largest absolute Gasteiger partial charge is 0.390 e. The highest BCUT2D eigenvalue weighted by Crippen LogP contribution is 2.23. The molecule has 0 saturated heterocycles. The van der Waals surface area contributed by atoms with Crippen molar-refractivity contribution in [2.45, 2.75) is 25.1 Å². The number of aromatic nitrogens is 1. The maximum atomic E-state index is 12.0. The normalized spacial score (nSPS) is 14.3. The predicted molar refractivity (Wildman–Crippen MR) is 47.6 cm³/mol. The highest BCUT2D eigenvalue weighted by molar-refractivity contribution is 7.09. The lowest BCUT2D eigenvalue weighted by molar-refractivity contribution is -0.140. The van der Waals surface area contributed by atoms with Crippen LogP contribution >= 0.6 is 11.3 Å². The molecule has 1 atom stereocenters. The van der Waals surface area contributed by atoms with Crippen LogP contribution in [0.15, 0.2) is 11.6 Å². The van der Waals surface area contributed by atoms with E-state index in [1.807, 2.05) is 0 Å². The van der Waals surface area contributed by atoms with Gasteiger partial charge in [0, 0.05) is 24.0 Å². The Morgan fingerprint density at radius 2 is 2.29 bits per heavy atom. The number of nitrogens with zero attached hydrogens (tertiary/aromatic N) is 1. The lowest BCUT2D eigenvalue weighted by Gasteiger charge is -2.16. The van der Waals surface area contributed by atoms with Gasteiger partial charge in [0.1, 0.15) is 0 Å². The van der Waals surface area contributed by atoms with Crippen LogP contribution in [0, 0.1) is 0 Å². The van der Waals surface area contributed by atoms with E-state index in [-0.39, 0.29) is 6.42 Å². The van der Waals surface area contributed by atoms with Gasteiger partial charge in [-0.2, -0.15) is 13.2 Å². The number of alkyl halides is 3. The molecule has 0 radical (unpaired) electrons. The van der Waals surface area contributed by atoms with Gasteiger partial charge in [0.2, 0.25) is 0 Å². The molecule has 14 heavy (non-hydrogen) atoms. The first-order valence-corrected chi connectivity index (χ1v) is 4.80. The maximum absolute atomic E-state index is 12.0. The van der Waals surface area contributed by atoms with Crippen molar-refractivity contribution in [1.82, 2.24) is 10.4 Å². The molecule has 3 nitrogen and oxygen atoms in total. The fraction of sp³-hybridized carbons (Fsp3) is 0.571. The predicted octanol–water partition coefficient (Wildman–Crippen LogP) is 1.47. The van der Waals surface area contributed by atoms with Crippen LogP contribution in [0.5, 0.6) is 0 Å². The third-order valence-corrected chi connectivity index (χ3v) is 2.42. The summed E-state index contributed by atoms with van der Waals surface area (Å²) in [4.78, 5) is 3.89. The second kappa shape index (κ2) is 4.72. The Bertz CT molecular complexity index is 260. The van der Waals surface area contributed by atoms with Gasteiger partial charge in [0.25, 0.3) is 0 Å². The van der Waals surface area contributed by atoms with E-state index in [0.29, 0.717) is 5.01 Å². The van der Waals surface area contributed by atoms with E-state index >= 15 is 0 Å². The van der Waals surface area contributed by atoms with Crippen LogP contribution in [0.25, 0.3) is 0 Å². The van der Waals surface area contributed by atoms with Crippen molar-refractivity contribution in [2.75, 3.05) is 0 Å². The van der Waals surface area contributed by atoms with Crippen LogP contribution < -0.4 is 11.3 Å². The number of nitrogens with one attached hydrogen (secondary N) is 1. The van der Waals surface area contributed by atoms with Gasteiger partial charge < -0.3 is 0 Å². The molecule has 0 fully saturated rings. The van der Waals surface area contributed by atoms with Gasteiger partial charge in [-0.15, -0.1) is 11.3 Å². The van der Waals surface area contributed by atoms with Crippen LogP contribution in [-0.2, 0) is 6.42 Å². The zero-order chi connectivity index (χ0) is 10.6. The maximum Gasteiger partial charge on any atom is 0.390 e. The molecule has 0 saturated carbocycles. The van der Waals surface area contributed by atoms with E-state index in [4.69, 9.17) is 5.84 Å². The third-order valence-electron chi connectivity index (χ3n) is 1.62. The minimum Gasteiger partial charge on any atom is -0.271 e. The van der Waals surface area contributed by atoms with Crippen molar-refractivity contribution in [3.05, 3.63) is 16.6 Å². The zero-order valence-corrected chi connectivity index (χ0v) is 8.03. The first-order valence-electron chi connectivity index (χ1n) is 3.92. The van der Waals surface area contributed by atoms with E-state index in [1.165, 1.54) is 11.3 Å². The minimum absolute atomic E-state index is 0.202. The second-order valence-electron chi connectivity index (χ2n) is 2.81. The van der Waals surface area contributed by atoms with Crippen molar-refractivity contribution < 1.29 is 13.2 Å². The molecule has 0 aromatic carbocycles. The summed E-state index contributed by atoms with van der Waals surface area (Å²) in [7, 11) is 0. The number of nitrogens with two attached hydrogens (primary N) is 1. The van der Waals surface area contributed by atoms with Gasteiger partial charge in [-0.25, -0.2) is 4.98 Å². The van der Waals surface area contributed by atoms with Crippen LogP contribution in [0.1, 0.15) is 11.4 Å². The molecule has 80 valence electrons. The number of halogens is 3. The Kier molecular flexibility index (Phi) is 3.85. The van der Waals surface area contributed by atoms with Crippen molar-refractivity contribution in [3.8, 4) is 0 Å². The summed E-state index contributed by atoms with van der Waals surface area (Å²) in [5.41, 5.74) is 2.14. The fourth-order valence-corrected chi connectivity index (χ4v) is 1.73. The highest BCUT2D eigenvalue weighted by atomic mass is 32.1.